The van der Waals surface area contributed by atoms with E-state index in [0.29, 0.717) is 53.0 Å². The van der Waals surface area contributed by atoms with Crippen LogP contribution in [0, 0.1) is 11.3 Å². The van der Waals surface area contributed by atoms with Crippen LogP contribution in [0.2, 0.25) is 5.02 Å². The maximum Gasteiger partial charge on any atom is 0.331 e. The van der Waals surface area contributed by atoms with Crippen molar-refractivity contribution in [3.63, 3.8) is 0 Å². The zero-order valence-corrected chi connectivity index (χ0v) is 22.0. The normalized spacial score (nSPS) is 20.2. The molecule has 2 aliphatic heterocycles. The predicted molar refractivity (Wildman–Crippen MR) is 135 cm³/mol. The molecule has 2 aliphatic rings. The van der Waals surface area contributed by atoms with Crippen LogP contribution in [-0.2, 0) is 4.79 Å². The van der Waals surface area contributed by atoms with Gasteiger partial charge >= 0.3 is 5.97 Å². The van der Waals surface area contributed by atoms with Gasteiger partial charge in [0.25, 0.3) is 0 Å². The highest BCUT2D eigenvalue weighted by molar-refractivity contribution is 7.18. The molecule has 2 atom stereocenters. The van der Waals surface area contributed by atoms with E-state index < -0.39 is 23.0 Å². The van der Waals surface area contributed by atoms with Gasteiger partial charge in [-0.25, -0.2) is 9.78 Å². The minimum Gasteiger partial charge on any atom is -0.486 e. The predicted octanol–water partition coefficient (Wildman–Crippen LogP) is 4.37. The first-order valence-electron chi connectivity index (χ1n) is 11.8. The smallest absolute Gasteiger partial charge is 0.331 e. The molecule has 0 radical (unpaired) electrons. The third kappa shape index (κ3) is 4.13. The van der Waals surface area contributed by atoms with E-state index in [1.165, 1.54) is 11.3 Å². The number of fused-ring (bicyclic) bond motifs is 1. The number of piperidine rings is 1. The third-order valence-electron chi connectivity index (χ3n) is 7.03. The molecule has 2 unspecified atom stereocenters. The summed E-state index contributed by atoms with van der Waals surface area (Å²) in [6.45, 7) is 8.72. The number of aliphatic carboxylic acids is 1. The maximum atomic E-state index is 13.1. The highest BCUT2D eigenvalue weighted by Crippen LogP contribution is 2.45. The van der Waals surface area contributed by atoms with Crippen molar-refractivity contribution < 1.29 is 19.4 Å². The van der Waals surface area contributed by atoms with Gasteiger partial charge in [0.15, 0.2) is 17.0 Å². The zero-order chi connectivity index (χ0) is 25.8. The second-order valence-electron chi connectivity index (χ2n) is 10.4. The lowest BCUT2D eigenvalue weighted by molar-refractivity contribution is -0.145. The molecule has 0 aliphatic carbocycles. The molecule has 12 heteroatoms. The van der Waals surface area contributed by atoms with Gasteiger partial charge in [-0.2, -0.15) is 0 Å². The van der Waals surface area contributed by atoms with E-state index in [2.05, 4.69) is 25.3 Å². The van der Waals surface area contributed by atoms with Crippen molar-refractivity contribution in [1.82, 2.24) is 25.2 Å². The fourth-order valence-electron chi connectivity index (χ4n) is 4.97. The monoisotopic (exact) mass is 530 g/mol. The highest BCUT2D eigenvalue weighted by atomic mass is 35.5. The summed E-state index contributed by atoms with van der Waals surface area (Å²) in [6.07, 6.45) is 3.02. The maximum absolute atomic E-state index is 13.1. The second-order valence-corrected chi connectivity index (χ2v) is 11.8. The molecular weight excluding hydrogens is 504 g/mol. The summed E-state index contributed by atoms with van der Waals surface area (Å²) in [4.78, 5) is 33.5. The Morgan fingerprint density at radius 1 is 1.31 bits per heavy atom. The van der Waals surface area contributed by atoms with E-state index >= 15 is 0 Å². The molecule has 1 saturated heterocycles. The first-order valence-corrected chi connectivity index (χ1v) is 12.9. The number of carboxylic acid groups (broad SMARTS) is 1. The van der Waals surface area contributed by atoms with Crippen molar-refractivity contribution in [2.75, 3.05) is 18.0 Å². The summed E-state index contributed by atoms with van der Waals surface area (Å²) in [7, 11) is 0. The van der Waals surface area contributed by atoms with Crippen LogP contribution >= 0.6 is 22.9 Å². The van der Waals surface area contributed by atoms with Gasteiger partial charge < -0.3 is 14.7 Å². The summed E-state index contributed by atoms with van der Waals surface area (Å²) in [5, 5.41) is 23.3. The van der Waals surface area contributed by atoms with Crippen LogP contribution in [0.1, 0.15) is 56.9 Å². The van der Waals surface area contributed by atoms with E-state index in [0.717, 1.165) is 9.93 Å². The van der Waals surface area contributed by atoms with Crippen molar-refractivity contribution in [2.24, 2.45) is 11.3 Å². The number of thiazole rings is 1. The summed E-state index contributed by atoms with van der Waals surface area (Å²) < 4.78 is 6.43. The summed E-state index contributed by atoms with van der Waals surface area (Å²) >= 11 is 7.71. The van der Waals surface area contributed by atoms with Crippen molar-refractivity contribution >= 4 is 39.8 Å². The van der Waals surface area contributed by atoms with Gasteiger partial charge in [0.1, 0.15) is 11.4 Å². The number of ether oxygens (including phenoxy) is 1. The second kappa shape index (κ2) is 8.81. The molecule has 2 aromatic heterocycles. The van der Waals surface area contributed by atoms with Gasteiger partial charge in [-0.3, -0.25) is 4.79 Å². The number of ketones is 1. The van der Waals surface area contributed by atoms with Gasteiger partial charge in [0, 0.05) is 25.9 Å². The van der Waals surface area contributed by atoms with Crippen LogP contribution in [-0.4, -0.2) is 60.7 Å². The summed E-state index contributed by atoms with van der Waals surface area (Å²) in [5.74, 6) is -0.397. The van der Waals surface area contributed by atoms with Gasteiger partial charge in [0.05, 0.1) is 27.6 Å². The van der Waals surface area contributed by atoms with Crippen LogP contribution < -0.4 is 9.64 Å². The van der Waals surface area contributed by atoms with E-state index in [1.54, 1.807) is 24.4 Å². The van der Waals surface area contributed by atoms with Crippen molar-refractivity contribution in [3.05, 3.63) is 35.0 Å². The Hall–Kier alpha value is -3.05. The number of benzene rings is 1. The largest absolute Gasteiger partial charge is 0.486 e. The number of anilines is 1. The Labute approximate surface area is 217 Å². The molecule has 0 bridgehead atoms. The number of carbonyl (C=O) groups is 2. The topological polar surface area (TPSA) is 123 Å². The van der Waals surface area contributed by atoms with Crippen molar-refractivity contribution in [1.29, 1.82) is 0 Å². The quantitative estimate of drug-likeness (QED) is 0.523. The van der Waals surface area contributed by atoms with Crippen LogP contribution in [0.15, 0.2) is 24.4 Å². The van der Waals surface area contributed by atoms with E-state index in [-0.39, 0.29) is 11.7 Å². The molecule has 4 heterocycles. The molecular formula is C24H27ClN6O4S. The fourth-order valence-corrected chi connectivity index (χ4v) is 6.12. The number of halogens is 1. The van der Waals surface area contributed by atoms with E-state index in [9.17, 15) is 14.7 Å². The minimum atomic E-state index is -1.01. The Balaban J connectivity index is 1.31. The van der Waals surface area contributed by atoms with Crippen LogP contribution in [0.4, 0.5) is 5.13 Å². The lowest BCUT2D eigenvalue weighted by atomic mass is 9.74. The van der Waals surface area contributed by atoms with Gasteiger partial charge in [-0.1, -0.05) is 56.7 Å². The first kappa shape index (κ1) is 24.6. The van der Waals surface area contributed by atoms with Crippen LogP contribution in [0.25, 0.3) is 10.7 Å². The molecule has 10 nitrogen and oxygen atoms in total. The lowest BCUT2D eigenvalue weighted by Gasteiger charge is -2.47. The Kier molecular flexibility index (Phi) is 6.03. The molecule has 3 aromatic rings. The average Bonchev–Trinajstić information content (AvgIpc) is 3.47. The van der Waals surface area contributed by atoms with Crippen molar-refractivity contribution in [3.8, 4) is 16.5 Å². The molecule has 5 rings (SSSR count). The molecule has 36 heavy (non-hydrogen) atoms. The number of Topliss-reactive ketones (excluding diaryl/α,β-unsaturated/α-hetero) is 1. The Morgan fingerprint density at radius 2 is 2.03 bits per heavy atom. The lowest BCUT2D eigenvalue weighted by Crippen LogP contribution is -2.56. The number of rotatable bonds is 4. The standard InChI is InChI=1S/C24H27ClN6O4S/c1-13-18(32)17-14(25)6-5-7-15(17)35-24(13)8-10-30(11-9-24)22-26-12-16(36-22)20-27-29-31(28-20)19(21(33)34)23(2,3)4/h5-7,12-13,19H,8-11H2,1-4H3,(H,33,34). The highest BCUT2D eigenvalue weighted by Gasteiger charge is 2.49. The molecule has 1 spiro atoms. The molecule has 1 N–H and O–H groups in total. The van der Waals surface area contributed by atoms with Gasteiger partial charge in [-0.15, -0.1) is 15.0 Å². The fraction of sp³-hybridized carbons (Fsp3) is 0.500. The minimum absolute atomic E-state index is 0.0240. The number of tetrazole rings is 1. The van der Waals surface area contributed by atoms with Crippen molar-refractivity contribution in [2.45, 2.75) is 52.2 Å². The Bertz CT molecular complexity index is 1320. The first-order chi connectivity index (χ1) is 17.0. The number of nitrogens with zero attached hydrogens (tertiary/aromatic N) is 6. The summed E-state index contributed by atoms with van der Waals surface area (Å²) in [6, 6.07) is 4.38. The third-order valence-corrected chi connectivity index (χ3v) is 8.39. The van der Waals surface area contributed by atoms with Gasteiger partial charge in [-0.05, 0) is 22.8 Å². The number of hydrogen-bond donors (Lipinski definition) is 1. The molecule has 0 saturated carbocycles. The molecule has 1 aromatic carbocycles. The number of aromatic nitrogens is 5. The van der Waals surface area contributed by atoms with Crippen LogP contribution in [0.3, 0.4) is 0 Å². The number of carbonyl (C=O) groups excluding carboxylic acids is 1. The average molecular weight is 531 g/mol. The molecule has 190 valence electrons. The number of carboxylic acids is 1. The van der Waals surface area contributed by atoms with Crippen LogP contribution in [0.5, 0.6) is 5.75 Å². The van der Waals surface area contributed by atoms with E-state index in [4.69, 9.17) is 16.3 Å². The number of hydrogen-bond acceptors (Lipinski definition) is 9. The Morgan fingerprint density at radius 3 is 2.69 bits per heavy atom. The summed E-state index contributed by atoms with van der Waals surface area (Å²) in [5.41, 5.74) is -0.687. The van der Waals surface area contributed by atoms with E-state index in [1.807, 2.05) is 27.7 Å². The van der Waals surface area contributed by atoms with Gasteiger partial charge in [0.2, 0.25) is 5.82 Å². The SMILES string of the molecule is CC1C(=O)c2c(Cl)cccc2OC12CCN(c1ncc(-c3nnn(C(C(=O)O)C(C)(C)C)n3)s1)CC2. The molecule has 0 amide bonds. The molecule has 1 fully saturated rings. The zero-order valence-electron chi connectivity index (χ0n) is 20.4.